The molecule has 0 bridgehead atoms. The Morgan fingerprint density at radius 2 is 1.85 bits per heavy atom. The third-order valence-corrected chi connectivity index (χ3v) is 6.42. The van der Waals surface area contributed by atoms with Gasteiger partial charge in [-0.1, -0.05) is 0 Å². The van der Waals surface area contributed by atoms with Gasteiger partial charge in [-0.25, -0.2) is 26.9 Å². The SMILES string of the molecule is O=C1CCNC(=O)N1C[NH+]1CCN(S(=O)(=O)c2ccc(F)cc2F)CC1. The van der Waals surface area contributed by atoms with E-state index in [0.29, 0.717) is 25.7 Å². The quantitative estimate of drug-likeness (QED) is 0.674. The van der Waals surface area contributed by atoms with Gasteiger partial charge in [-0.2, -0.15) is 4.31 Å². The number of sulfonamides is 1. The lowest BCUT2D eigenvalue weighted by Crippen LogP contribution is -3.16. The Morgan fingerprint density at radius 1 is 1.15 bits per heavy atom. The number of rotatable bonds is 4. The summed E-state index contributed by atoms with van der Waals surface area (Å²) in [5, 5.41) is 2.59. The fraction of sp³-hybridized carbons (Fsp3) is 0.467. The van der Waals surface area contributed by atoms with Gasteiger partial charge < -0.3 is 10.2 Å². The first kappa shape index (κ1) is 18.7. The molecule has 0 aromatic heterocycles. The Hall–Kier alpha value is -2.11. The first-order valence-corrected chi connectivity index (χ1v) is 9.60. The average Bonchev–Trinajstić information content (AvgIpc) is 2.58. The molecule has 2 aliphatic rings. The number of amides is 3. The fourth-order valence-electron chi connectivity index (χ4n) is 3.03. The summed E-state index contributed by atoms with van der Waals surface area (Å²) in [6, 6.07) is 1.90. The second-order valence-corrected chi connectivity index (χ2v) is 8.10. The van der Waals surface area contributed by atoms with E-state index in [4.69, 9.17) is 0 Å². The molecule has 3 amide bonds. The van der Waals surface area contributed by atoms with Crippen molar-refractivity contribution >= 4 is 22.0 Å². The number of quaternary nitrogens is 1. The summed E-state index contributed by atoms with van der Waals surface area (Å²) in [4.78, 5) is 25.0. The highest BCUT2D eigenvalue weighted by molar-refractivity contribution is 7.89. The van der Waals surface area contributed by atoms with E-state index < -0.39 is 32.6 Å². The van der Waals surface area contributed by atoms with Crippen molar-refractivity contribution in [1.29, 1.82) is 0 Å². The van der Waals surface area contributed by atoms with Crippen molar-refractivity contribution in [2.75, 3.05) is 39.4 Å². The Labute approximate surface area is 149 Å². The summed E-state index contributed by atoms with van der Waals surface area (Å²) < 4.78 is 53.1. The summed E-state index contributed by atoms with van der Waals surface area (Å²) in [6.07, 6.45) is 0.239. The summed E-state index contributed by atoms with van der Waals surface area (Å²) in [5.41, 5.74) is 0. The number of benzene rings is 1. The van der Waals surface area contributed by atoms with Gasteiger partial charge in [-0.3, -0.25) is 4.79 Å². The maximum Gasteiger partial charge on any atom is 0.328 e. The molecule has 11 heteroatoms. The fourth-order valence-corrected chi connectivity index (χ4v) is 4.51. The van der Waals surface area contributed by atoms with Crippen LogP contribution in [0.3, 0.4) is 0 Å². The molecule has 0 radical (unpaired) electrons. The van der Waals surface area contributed by atoms with E-state index in [2.05, 4.69) is 5.32 Å². The minimum absolute atomic E-state index is 0.109. The number of hydrogen-bond donors (Lipinski definition) is 2. The van der Waals surface area contributed by atoms with Crippen molar-refractivity contribution in [1.82, 2.24) is 14.5 Å². The lowest BCUT2D eigenvalue weighted by Gasteiger charge is -2.34. The van der Waals surface area contributed by atoms with Gasteiger partial charge in [0.15, 0.2) is 6.67 Å². The van der Waals surface area contributed by atoms with E-state index in [9.17, 15) is 26.8 Å². The minimum Gasteiger partial charge on any atom is -0.337 e. The van der Waals surface area contributed by atoms with E-state index in [1.165, 1.54) is 0 Å². The first-order chi connectivity index (χ1) is 12.3. The zero-order chi connectivity index (χ0) is 18.9. The molecule has 0 atom stereocenters. The molecule has 26 heavy (non-hydrogen) atoms. The molecule has 0 saturated carbocycles. The standard InChI is InChI=1S/C15H18F2N4O4S/c16-11-1-2-13(12(17)9-11)26(24,25)20-7-5-19(6-8-20)10-21-14(22)3-4-18-15(21)23/h1-2,9H,3-8,10H2,(H,18,23)/p+1. The molecule has 1 aromatic carbocycles. The highest BCUT2D eigenvalue weighted by atomic mass is 32.2. The molecule has 8 nitrogen and oxygen atoms in total. The number of carbonyl (C=O) groups excluding carboxylic acids is 2. The molecular weight excluding hydrogens is 370 g/mol. The maximum absolute atomic E-state index is 13.8. The molecule has 2 N–H and O–H groups in total. The van der Waals surface area contributed by atoms with Crippen LogP contribution in [0.1, 0.15) is 6.42 Å². The molecule has 2 heterocycles. The second-order valence-electron chi connectivity index (χ2n) is 6.19. The van der Waals surface area contributed by atoms with Crippen molar-refractivity contribution in [2.24, 2.45) is 0 Å². The monoisotopic (exact) mass is 389 g/mol. The smallest absolute Gasteiger partial charge is 0.328 e. The number of urea groups is 1. The van der Waals surface area contributed by atoms with Gasteiger partial charge in [0.05, 0.1) is 26.2 Å². The van der Waals surface area contributed by atoms with Crippen LogP contribution in [0.4, 0.5) is 13.6 Å². The molecule has 2 aliphatic heterocycles. The van der Waals surface area contributed by atoms with Crippen molar-refractivity contribution in [3.63, 3.8) is 0 Å². The van der Waals surface area contributed by atoms with Crippen LogP contribution < -0.4 is 10.2 Å². The predicted molar refractivity (Wildman–Crippen MR) is 85.5 cm³/mol. The van der Waals surface area contributed by atoms with Crippen LogP contribution in [-0.2, 0) is 14.8 Å². The third-order valence-electron chi connectivity index (χ3n) is 4.48. The number of hydrogen-bond acceptors (Lipinski definition) is 4. The highest BCUT2D eigenvalue weighted by Gasteiger charge is 2.35. The zero-order valence-corrected chi connectivity index (χ0v) is 14.7. The normalized spacial score (nSPS) is 20.3. The van der Waals surface area contributed by atoms with Crippen molar-refractivity contribution in [3.05, 3.63) is 29.8 Å². The summed E-state index contributed by atoms with van der Waals surface area (Å²) >= 11 is 0. The van der Waals surface area contributed by atoms with Gasteiger partial charge in [0.25, 0.3) is 0 Å². The number of halogens is 2. The molecule has 142 valence electrons. The molecule has 2 saturated heterocycles. The second kappa shape index (κ2) is 7.25. The Kier molecular flexibility index (Phi) is 5.21. The average molecular weight is 389 g/mol. The van der Waals surface area contributed by atoms with Gasteiger partial charge in [0, 0.05) is 19.0 Å². The van der Waals surface area contributed by atoms with Gasteiger partial charge in [0.2, 0.25) is 15.9 Å². The number of carbonyl (C=O) groups is 2. The van der Waals surface area contributed by atoms with Crippen molar-refractivity contribution in [3.8, 4) is 0 Å². The van der Waals surface area contributed by atoms with Gasteiger partial charge in [-0.15, -0.1) is 0 Å². The van der Waals surface area contributed by atoms with Crippen LogP contribution in [0.25, 0.3) is 0 Å². The highest BCUT2D eigenvalue weighted by Crippen LogP contribution is 2.20. The number of piperazine rings is 1. The third kappa shape index (κ3) is 3.69. The summed E-state index contributed by atoms with van der Waals surface area (Å²) in [7, 11) is -4.07. The maximum atomic E-state index is 13.8. The van der Waals surface area contributed by atoms with E-state index in [1.807, 2.05) is 0 Å². The molecular formula is C15H19F2N4O4S+. The number of nitrogens with zero attached hydrogens (tertiary/aromatic N) is 2. The van der Waals surface area contributed by atoms with Gasteiger partial charge in [-0.05, 0) is 12.1 Å². The first-order valence-electron chi connectivity index (χ1n) is 8.16. The molecule has 3 rings (SSSR count). The number of nitrogens with one attached hydrogen (secondary N) is 2. The van der Waals surface area contributed by atoms with E-state index >= 15 is 0 Å². The lowest BCUT2D eigenvalue weighted by molar-refractivity contribution is -0.911. The summed E-state index contributed by atoms with van der Waals surface area (Å²) in [5.74, 6) is -2.24. The molecule has 0 spiro atoms. The van der Waals surface area contributed by atoms with Gasteiger partial charge >= 0.3 is 6.03 Å². The van der Waals surface area contributed by atoms with E-state index in [0.717, 1.165) is 26.2 Å². The van der Waals surface area contributed by atoms with Crippen LogP contribution in [0.2, 0.25) is 0 Å². The van der Waals surface area contributed by atoms with Crippen LogP contribution >= 0.6 is 0 Å². The van der Waals surface area contributed by atoms with Crippen LogP contribution in [-0.4, -0.2) is 69.0 Å². The zero-order valence-electron chi connectivity index (χ0n) is 13.9. The van der Waals surface area contributed by atoms with E-state index in [1.54, 1.807) is 0 Å². The van der Waals surface area contributed by atoms with E-state index in [-0.39, 0.29) is 32.1 Å². The molecule has 0 unspecified atom stereocenters. The van der Waals surface area contributed by atoms with Crippen LogP contribution in [0.5, 0.6) is 0 Å². The lowest BCUT2D eigenvalue weighted by atomic mass is 10.3. The largest absolute Gasteiger partial charge is 0.337 e. The molecule has 1 aromatic rings. The van der Waals surface area contributed by atoms with Crippen molar-refractivity contribution < 1.29 is 31.7 Å². The van der Waals surface area contributed by atoms with Crippen molar-refractivity contribution in [2.45, 2.75) is 11.3 Å². The predicted octanol–water partition coefficient (Wildman–Crippen LogP) is -1.25. The Morgan fingerprint density at radius 3 is 2.46 bits per heavy atom. The Bertz CT molecular complexity index is 809. The van der Waals surface area contributed by atoms with Crippen LogP contribution in [0.15, 0.2) is 23.1 Å². The summed E-state index contributed by atoms with van der Waals surface area (Å²) in [6.45, 7) is 1.41. The minimum atomic E-state index is -4.07. The molecule has 0 aliphatic carbocycles. The Balaban J connectivity index is 1.64. The topological polar surface area (TPSA) is 91.2 Å². The molecule has 2 fully saturated rings. The number of imide groups is 1. The van der Waals surface area contributed by atoms with Gasteiger partial charge in [0.1, 0.15) is 16.5 Å². The van der Waals surface area contributed by atoms with Crippen LogP contribution in [0, 0.1) is 11.6 Å².